The van der Waals surface area contributed by atoms with Crippen LogP contribution in [0, 0.1) is 0 Å². The summed E-state index contributed by atoms with van der Waals surface area (Å²) in [5, 5.41) is 0. The zero-order valence-electron chi connectivity index (χ0n) is 12.3. The van der Waals surface area contributed by atoms with Gasteiger partial charge in [0.1, 0.15) is 0 Å². The molecule has 0 aliphatic heterocycles. The Labute approximate surface area is 112 Å². The number of hydrogen-bond acceptors (Lipinski definition) is 2. The third kappa shape index (κ3) is 8.00. The fourth-order valence-electron chi connectivity index (χ4n) is 1.83. The molecule has 0 atom stereocenters. The van der Waals surface area contributed by atoms with Gasteiger partial charge in [-0.2, -0.15) is 0 Å². The molecule has 0 aliphatic rings. The van der Waals surface area contributed by atoms with Crippen LogP contribution in [0.4, 0.5) is 0 Å². The Hall–Kier alpha value is 0.199. The molecule has 0 saturated carbocycles. The van der Waals surface area contributed by atoms with Crippen LogP contribution in [-0.2, 0) is 6.15 Å². The molecule has 0 N–H and O–H groups in total. The predicted molar refractivity (Wildman–Crippen MR) is 77.4 cm³/mol. The molecule has 0 amide bonds. The summed E-state index contributed by atoms with van der Waals surface area (Å²) in [5.74, 6) is 0. The van der Waals surface area contributed by atoms with Crippen LogP contribution in [0.2, 0.25) is 8.87 Å². The van der Waals surface area contributed by atoms with E-state index in [9.17, 15) is 0 Å². The van der Waals surface area contributed by atoms with Gasteiger partial charge in [0.25, 0.3) is 0 Å². The summed E-state index contributed by atoms with van der Waals surface area (Å²) in [6.45, 7) is 20.2. The van der Waals surface area contributed by atoms with Gasteiger partial charge in [0.05, 0.1) is 0 Å². The SMILES string of the molecule is C=C[CH2][Sn]([CH2]C=C)([O]C(C)(C)C)[O]C(C)(C)C. The molecule has 0 rings (SSSR count). The predicted octanol–water partition coefficient (Wildman–Crippen LogP) is 4.43. The van der Waals surface area contributed by atoms with E-state index in [2.05, 4.69) is 54.7 Å². The van der Waals surface area contributed by atoms with Crippen LogP contribution in [0.3, 0.4) is 0 Å². The maximum absolute atomic E-state index is 6.33. The van der Waals surface area contributed by atoms with Crippen LogP contribution in [0.15, 0.2) is 25.3 Å². The van der Waals surface area contributed by atoms with Crippen molar-refractivity contribution in [2.24, 2.45) is 0 Å². The van der Waals surface area contributed by atoms with Gasteiger partial charge in [-0.25, -0.2) is 0 Å². The van der Waals surface area contributed by atoms with E-state index in [1.165, 1.54) is 0 Å². The molecule has 2 nitrogen and oxygen atoms in total. The molecule has 0 aromatic carbocycles. The van der Waals surface area contributed by atoms with E-state index in [0.717, 1.165) is 8.87 Å². The summed E-state index contributed by atoms with van der Waals surface area (Å²) in [7, 11) is 0. The van der Waals surface area contributed by atoms with Gasteiger partial charge in [-0.15, -0.1) is 0 Å². The summed E-state index contributed by atoms with van der Waals surface area (Å²) in [6.07, 6.45) is 3.86. The molecular formula is C14H28O2Sn. The van der Waals surface area contributed by atoms with Gasteiger partial charge in [0.2, 0.25) is 0 Å². The normalized spacial score (nSPS) is 13.5. The quantitative estimate of drug-likeness (QED) is 0.523. The molecule has 100 valence electrons. The average molecular weight is 347 g/mol. The van der Waals surface area contributed by atoms with Crippen molar-refractivity contribution in [2.75, 3.05) is 0 Å². The summed E-state index contributed by atoms with van der Waals surface area (Å²) in [6, 6.07) is 0. The van der Waals surface area contributed by atoms with Gasteiger partial charge < -0.3 is 0 Å². The van der Waals surface area contributed by atoms with E-state index >= 15 is 0 Å². The molecule has 0 fully saturated rings. The van der Waals surface area contributed by atoms with Crippen LogP contribution in [0.1, 0.15) is 41.5 Å². The molecule has 0 aliphatic carbocycles. The van der Waals surface area contributed by atoms with E-state index in [4.69, 9.17) is 6.15 Å². The first-order valence-electron chi connectivity index (χ1n) is 6.16. The Bertz CT molecular complexity index is 230. The fourth-order valence-corrected chi connectivity index (χ4v) is 12.3. The second-order valence-corrected chi connectivity index (χ2v) is 15.0. The number of rotatable bonds is 6. The van der Waals surface area contributed by atoms with Crippen molar-refractivity contribution in [3.63, 3.8) is 0 Å². The molecule has 17 heavy (non-hydrogen) atoms. The molecule has 0 spiro atoms. The first kappa shape index (κ1) is 17.2. The van der Waals surface area contributed by atoms with E-state index in [1.807, 2.05) is 12.2 Å². The number of hydrogen-bond donors (Lipinski definition) is 0. The van der Waals surface area contributed by atoms with Crippen LogP contribution in [-0.4, -0.2) is 30.4 Å². The van der Waals surface area contributed by atoms with Crippen molar-refractivity contribution >= 4 is 19.2 Å². The van der Waals surface area contributed by atoms with Crippen molar-refractivity contribution < 1.29 is 6.15 Å². The van der Waals surface area contributed by atoms with Crippen LogP contribution < -0.4 is 0 Å². The summed E-state index contributed by atoms with van der Waals surface area (Å²) in [5.41, 5.74) is -0.347. The second-order valence-electron chi connectivity index (χ2n) is 6.33. The van der Waals surface area contributed by atoms with Crippen molar-refractivity contribution in [2.45, 2.75) is 61.6 Å². The Morgan fingerprint density at radius 2 is 1.12 bits per heavy atom. The molecule has 0 aromatic rings. The Kier molecular flexibility index (Phi) is 6.46. The minimum atomic E-state index is -3.14. The second kappa shape index (κ2) is 6.39. The molecule has 0 saturated heterocycles. The molecule has 0 radical (unpaired) electrons. The summed E-state index contributed by atoms with van der Waals surface area (Å²) in [4.78, 5) is 0. The Morgan fingerprint density at radius 3 is 1.29 bits per heavy atom. The average Bonchev–Trinajstić information content (AvgIpc) is 1.96. The summed E-state index contributed by atoms with van der Waals surface area (Å²) >= 11 is -3.14. The Morgan fingerprint density at radius 1 is 0.824 bits per heavy atom. The zero-order chi connectivity index (χ0) is 13.7. The fraction of sp³-hybridized carbons (Fsp3) is 0.714. The van der Waals surface area contributed by atoms with E-state index < -0.39 is 19.2 Å². The van der Waals surface area contributed by atoms with Crippen LogP contribution >= 0.6 is 0 Å². The van der Waals surface area contributed by atoms with Crippen LogP contribution in [0.5, 0.6) is 0 Å². The third-order valence-corrected chi connectivity index (χ3v) is 12.7. The molecule has 0 unspecified atom stereocenters. The maximum atomic E-state index is 6.33. The molecule has 0 bridgehead atoms. The van der Waals surface area contributed by atoms with Gasteiger partial charge in [0.15, 0.2) is 0 Å². The van der Waals surface area contributed by atoms with Crippen LogP contribution in [0.25, 0.3) is 0 Å². The van der Waals surface area contributed by atoms with Gasteiger partial charge in [-0.1, -0.05) is 0 Å². The monoisotopic (exact) mass is 348 g/mol. The van der Waals surface area contributed by atoms with Crippen molar-refractivity contribution in [1.29, 1.82) is 0 Å². The van der Waals surface area contributed by atoms with Gasteiger partial charge >= 0.3 is 112 Å². The third-order valence-electron chi connectivity index (χ3n) is 1.90. The first-order valence-corrected chi connectivity index (χ1v) is 12.5. The van der Waals surface area contributed by atoms with Crippen molar-refractivity contribution in [3.05, 3.63) is 25.3 Å². The standard InChI is InChI=1S/2C4H9O.2C3H5.Sn/c2*1-4(2,3)5;2*1-3-2;/h2*1-3H3;2*3H,1-2H2;/q2*-1;;;+2. The molecule has 0 aromatic heterocycles. The van der Waals surface area contributed by atoms with Gasteiger partial charge in [-0.05, 0) is 0 Å². The van der Waals surface area contributed by atoms with Gasteiger partial charge in [-0.3, -0.25) is 0 Å². The minimum absolute atomic E-state index is 0.173. The summed E-state index contributed by atoms with van der Waals surface area (Å²) < 4.78 is 14.4. The first-order chi connectivity index (χ1) is 7.54. The number of allylic oxidation sites excluding steroid dienone is 2. The Balaban J connectivity index is 5.10. The van der Waals surface area contributed by atoms with E-state index in [1.54, 1.807) is 0 Å². The molecular weight excluding hydrogens is 319 g/mol. The molecule has 3 heteroatoms. The van der Waals surface area contributed by atoms with E-state index in [-0.39, 0.29) is 11.2 Å². The molecule has 0 heterocycles. The van der Waals surface area contributed by atoms with Gasteiger partial charge in [0, 0.05) is 0 Å². The van der Waals surface area contributed by atoms with Crippen molar-refractivity contribution in [3.8, 4) is 0 Å². The van der Waals surface area contributed by atoms with Crippen molar-refractivity contribution in [1.82, 2.24) is 0 Å². The topological polar surface area (TPSA) is 18.5 Å². The zero-order valence-corrected chi connectivity index (χ0v) is 15.2. The van der Waals surface area contributed by atoms with E-state index in [0.29, 0.717) is 0 Å².